The van der Waals surface area contributed by atoms with E-state index >= 15 is 0 Å². The number of morpholine rings is 1. The molecule has 1 amide bonds. The second-order valence-electron chi connectivity index (χ2n) is 7.38. The van der Waals surface area contributed by atoms with Crippen LogP contribution in [0.4, 0.5) is 0 Å². The van der Waals surface area contributed by atoms with Crippen LogP contribution < -0.4 is 0 Å². The summed E-state index contributed by atoms with van der Waals surface area (Å²) in [4.78, 5) is 19.5. The van der Waals surface area contributed by atoms with Crippen LogP contribution in [0.5, 0.6) is 0 Å². The number of aromatic nitrogens is 3. The summed E-state index contributed by atoms with van der Waals surface area (Å²) in [7, 11) is 0. The molecule has 2 aromatic heterocycles. The smallest absolute Gasteiger partial charge is 0.255 e. The maximum absolute atomic E-state index is 13.1. The second-order valence-corrected chi connectivity index (χ2v) is 7.38. The molecule has 1 saturated heterocycles. The van der Waals surface area contributed by atoms with Crippen LogP contribution in [-0.4, -0.2) is 44.8 Å². The summed E-state index contributed by atoms with van der Waals surface area (Å²) in [6, 6.07) is 12.2. The zero-order valence-corrected chi connectivity index (χ0v) is 15.9. The van der Waals surface area contributed by atoms with E-state index in [1.165, 1.54) is 0 Å². The van der Waals surface area contributed by atoms with Gasteiger partial charge in [-0.05, 0) is 32.4 Å². The topological polar surface area (TPSA) is 60.2 Å². The Labute approximate surface area is 158 Å². The van der Waals surface area contributed by atoms with E-state index in [-0.39, 0.29) is 24.2 Å². The maximum atomic E-state index is 13.1. The summed E-state index contributed by atoms with van der Waals surface area (Å²) in [6.07, 6.45) is 3.30. The number of pyridine rings is 1. The third-order valence-electron chi connectivity index (χ3n) is 4.89. The number of carbonyl (C=O) groups is 1. The van der Waals surface area contributed by atoms with Crippen molar-refractivity contribution in [2.45, 2.75) is 39.0 Å². The Bertz CT molecular complexity index is 951. The third kappa shape index (κ3) is 3.45. The van der Waals surface area contributed by atoms with Crippen LogP contribution in [0.1, 0.15) is 48.8 Å². The lowest BCUT2D eigenvalue weighted by atomic mass is 10.1. The summed E-state index contributed by atoms with van der Waals surface area (Å²) < 4.78 is 7.93. The van der Waals surface area contributed by atoms with E-state index in [0.29, 0.717) is 18.7 Å². The van der Waals surface area contributed by atoms with Crippen LogP contribution in [-0.2, 0) is 4.74 Å². The van der Waals surface area contributed by atoms with Gasteiger partial charge in [-0.1, -0.05) is 30.3 Å². The Morgan fingerprint density at radius 2 is 1.96 bits per heavy atom. The predicted octanol–water partition coefficient (Wildman–Crippen LogP) is 3.61. The molecular weight excluding hydrogens is 340 g/mol. The molecule has 4 rings (SSSR count). The van der Waals surface area contributed by atoms with Gasteiger partial charge in [0.25, 0.3) is 5.91 Å². The molecule has 6 heteroatoms. The van der Waals surface area contributed by atoms with E-state index in [0.717, 1.165) is 16.6 Å². The molecule has 0 N–H and O–H groups in total. The molecule has 2 unspecified atom stereocenters. The van der Waals surface area contributed by atoms with Crippen molar-refractivity contribution in [1.29, 1.82) is 0 Å². The van der Waals surface area contributed by atoms with Gasteiger partial charge in [0.05, 0.1) is 24.4 Å². The van der Waals surface area contributed by atoms with E-state index in [1.807, 2.05) is 52.9 Å². The van der Waals surface area contributed by atoms with Crippen molar-refractivity contribution in [3.05, 3.63) is 59.9 Å². The molecule has 3 aromatic rings. The van der Waals surface area contributed by atoms with Gasteiger partial charge in [0.1, 0.15) is 6.10 Å². The first-order chi connectivity index (χ1) is 13.0. The lowest BCUT2D eigenvalue weighted by Crippen LogP contribution is -2.46. The van der Waals surface area contributed by atoms with Gasteiger partial charge in [0.15, 0.2) is 5.65 Å². The van der Waals surface area contributed by atoms with Gasteiger partial charge in [-0.2, -0.15) is 5.10 Å². The third-order valence-corrected chi connectivity index (χ3v) is 4.89. The average molecular weight is 364 g/mol. The monoisotopic (exact) mass is 364 g/mol. The molecule has 0 spiro atoms. The van der Waals surface area contributed by atoms with E-state index in [2.05, 4.69) is 23.9 Å². The molecule has 140 valence electrons. The lowest BCUT2D eigenvalue weighted by molar-refractivity contribution is -0.0691. The van der Waals surface area contributed by atoms with E-state index in [1.54, 1.807) is 12.4 Å². The minimum absolute atomic E-state index is 0.0159. The van der Waals surface area contributed by atoms with Gasteiger partial charge < -0.3 is 9.64 Å². The van der Waals surface area contributed by atoms with Crippen LogP contribution in [0, 0.1) is 0 Å². The largest absolute Gasteiger partial charge is 0.367 e. The SMILES string of the molecule is CC1CN(C(=O)c2cnc3c(cnn3C(C)C)c2)CC(c2ccccc2)O1. The standard InChI is InChI=1S/C21H24N4O2/c1-14(2)25-20-17(11-23-25)9-18(10-22-20)21(26)24-12-15(3)27-19(13-24)16-7-5-4-6-8-16/h4-11,14-15,19H,12-13H2,1-3H3. The van der Waals surface area contributed by atoms with E-state index in [4.69, 9.17) is 4.74 Å². The number of hydrogen-bond acceptors (Lipinski definition) is 4. The first-order valence-electron chi connectivity index (χ1n) is 9.36. The van der Waals surface area contributed by atoms with E-state index < -0.39 is 0 Å². The number of hydrogen-bond donors (Lipinski definition) is 0. The van der Waals surface area contributed by atoms with Crippen molar-refractivity contribution >= 4 is 16.9 Å². The molecule has 1 fully saturated rings. The normalized spacial score (nSPS) is 20.4. The number of nitrogens with zero attached hydrogens (tertiary/aromatic N) is 4. The zero-order chi connectivity index (χ0) is 19.0. The molecule has 0 bridgehead atoms. The molecule has 2 atom stereocenters. The number of fused-ring (bicyclic) bond motifs is 1. The summed E-state index contributed by atoms with van der Waals surface area (Å²) in [5.41, 5.74) is 2.49. The minimum Gasteiger partial charge on any atom is -0.367 e. The van der Waals surface area contributed by atoms with Crippen LogP contribution >= 0.6 is 0 Å². The first-order valence-corrected chi connectivity index (χ1v) is 9.36. The quantitative estimate of drug-likeness (QED) is 0.712. The highest BCUT2D eigenvalue weighted by Crippen LogP contribution is 2.26. The lowest BCUT2D eigenvalue weighted by Gasteiger charge is -2.37. The van der Waals surface area contributed by atoms with Crippen molar-refractivity contribution in [3.63, 3.8) is 0 Å². The van der Waals surface area contributed by atoms with Gasteiger partial charge in [-0.25, -0.2) is 9.67 Å². The second kappa shape index (κ2) is 7.12. The molecule has 3 heterocycles. The first kappa shape index (κ1) is 17.7. The van der Waals surface area contributed by atoms with Gasteiger partial charge in [0, 0.05) is 24.2 Å². The van der Waals surface area contributed by atoms with Crippen LogP contribution in [0.25, 0.3) is 11.0 Å². The summed E-state index contributed by atoms with van der Waals surface area (Å²) in [5.74, 6) is -0.0159. The van der Waals surface area contributed by atoms with Crippen molar-refractivity contribution < 1.29 is 9.53 Å². The van der Waals surface area contributed by atoms with Crippen molar-refractivity contribution in [2.24, 2.45) is 0 Å². The maximum Gasteiger partial charge on any atom is 0.255 e. The van der Waals surface area contributed by atoms with Gasteiger partial charge in [-0.15, -0.1) is 0 Å². The van der Waals surface area contributed by atoms with E-state index in [9.17, 15) is 4.79 Å². The van der Waals surface area contributed by atoms with Crippen LogP contribution in [0.3, 0.4) is 0 Å². The van der Waals surface area contributed by atoms with Gasteiger partial charge in [0.2, 0.25) is 0 Å². The number of benzene rings is 1. The number of carbonyl (C=O) groups excluding carboxylic acids is 1. The summed E-state index contributed by atoms with van der Waals surface area (Å²) >= 11 is 0. The van der Waals surface area contributed by atoms with Crippen LogP contribution in [0.15, 0.2) is 48.8 Å². The molecule has 0 radical (unpaired) electrons. The Morgan fingerprint density at radius 3 is 2.70 bits per heavy atom. The van der Waals surface area contributed by atoms with Gasteiger partial charge in [-0.3, -0.25) is 4.79 Å². The minimum atomic E-state index is -0.112. The highest BCUT2D eigenvalue weighted by atomic mass is 16.5. The zero-order valence-electron chi connectivity index (χ0n) is 15.9. The molecule has 0 aliphatic carbocycles. The fourth-order valence-electron chi connectivity index (χ4n) is 3.59. The fraction of sp³-hybridized carbons (Fsp3) is 0.381. The van der Waals surface area contributed by atoms with Crippen molar-refractivity contribution in [2.75, 3.05) is 13.1 Å². The number of amides is 1. The van der Waals surface area contributed by atoms with Crippen molar-refractivity contribution in [3.8, 4) is 0 Å². The van der Waals surface area contributed by atoms with Crippen LogP contribution in [0.2, 0.25) is 0 Å². The Balaban J connectivity index is 1.59. The molecular formula is C21H24N4O2. The molecule has 1 aliphatic heterocycles. The summed E-state index contributed by atoms with van der Waals surface area (Å²) in [6.45, 7) is 7.24. The molecule has 1 aromatic carbocycles. The highest BCUT2D eigenvalue weighted by molar-refractivity contribution is 5.97. The molecule has 6 nitrogen and oxygen atoms in total. The highest BCUT2D eigenvalue weighted by Gasteiger charge is 2.30. The predicted molar refractivity (Wildman–Crippen MR) is 104 cm³/mol. The molecule has 27 heavy (non-hydrogen) atoms. The summed E-state index contributed by atoms with van der Waals surface area (Å²) in [5, 5.41) is 5.27. The average Bonchev–Trinajstić information content (AvgIpc) is 3.11. The fourth-order valence-corrected chi connectivity index (χ4v) is 3.59. The van der Waals surface area contributed by atoms with Crippen molar-refractivity contribution in [1.82, 2.24) is 19.7 Å². The Hall–Kier alpha value is -2.73. The number of ether oxygens (including phenoxy) is 1. The van der Waals surface area contributed by atoms with Gasteiger partial charge >= 0.3 is 0 Å². The Morgan fingerprint density at radius 1 is 1.19 bits per heavy atom. The Kier molecular flexibility index (Phi) is 4.66. The molecule has 1 aliphatic rings. The molecule has 0 saturated carbocycles. The number of rotatable bonds is 3.